The van der Waals surface area contributed by atoms with E-state index in [9.17, 15) is 8.42 Å². The number of aryl methyl sites for hydroxylation is 2. The Labute approximate surface area is 127 Å². The van der Waals surface area contributed by atoms with Crippen LogP contribution in [0.5, 0.6) is 5.75 Å². The maximum Gasteiger partial charge on any atom is 0.148 e. The van der Waals surface area contributed by atoms with E-state index in [1.54, 1.807) is 0 Å². The number of nitrogens with one attached hydrogen (secondary N) is 1. The zero-order valence-electron chi connectivity index (χ0n) is 13.3. The van der Waals surface area contributed by atoms with Crippen molar-refractivity contribution in [2.24, 2.45) is 0 Å². The molecule has 0 aromatic heterocycles. The van der Waals surface area contributed by atoms with Gasteiger partial charge >= 0.3 is 0 Å². The Morgan fingerprint density at radius 3 is 2.76 bits per heavy atom. The molecule has 2 rings (SSSR count). The van der Waals surface area contributed by atoms with Crippen LogP contribution >= 0.6 is 0 Å². The monoisotopic (exact) mass is 311 g/mol. The summed E-state index contributed by atoms with van der Waals surface area (Å²) in [4.78, 5) is 0. The summed E-state index contributed by atoms with van der Waals surface area (Å²) in [6.07, 6.45) is 3.21. The van der Waals surface area contributed by atoms with Gasteiger partial charge in [0.1, 0.15) is 15.6 Å². The van der Waals surface area contributed by atoms with Gasteiger partial charge in [0.25, 0.3) is 0 Å². The molecule has 2 atom stereocenters. The Hall–Kier alpha value is -1.07. The van der Waals surface area contributed by atoms with Crippen LogP contribution in [0, 0.1) is 13.8 Å². The summed E-state index contributed by atoms with van der Waals surface area (Å²) < 4.78 is 28.8. The van der Waals surface area contributed by atoms with Crippen LogP contribution in [0.1, 0.15) is 42.5 Å². The predicted molar refractivity (Wildman–Crippen MR) is 85.7 cm³/mol. The molecule has 0 fully saturated rings. The molecule has 1 aromatic rings. The molecule has 0 amide bonds. The van der Waals surface area contributed by atoms with Gasteiger partial charge < -0.3 is 10.1 Å². The molecule has 4 nitrogen and oxygen atoms in total. The number of sulfone groups is 1. The summed E-state index contributed by atoms with van der Waals surface area (Å²) in [6.45, 7) is 6.79. The summed E-state index contributed by atoms with van der Waals surface area (Å²) in [6, 6.07) is 4.36. The number of hydrogen-bond donors (Lipinski definition) is 1. The van der Waals surface area contributed by atoms with Crippen LogP contribution in [0.3, 0.4) is 0 Å². The van der Waals surface area contributed by atoms with Crippen LogP contribution in [-0.2, 0) is 9.84 Å². The van der Waals surface area contributed by atoms with Gasteiger partial charge in [-0.05, 0) is 39.2 Å². The molecule has 0 aliphatic carbocycles. The topological polar surface area (TPSA) is 55.4 Å². The van der Waals surface area contributed by atoms with Gasteiger partial charge in [-0.3, -0.25) is 0 Å². The standard InChI is InChI=1S/C16H25NO3S/c1-11-8-12(2)16-14(9-11)15(6-5-7-20-16)17-13(3)10-21(4,18)19/h8-9,13,15,17H,5-7,10H2,1-4H3/t13-,15-/m1/s1. The van der Waals surface area contributed by atoms with E-state index in [0.29, 0.717) is 0 Å². The fourth-order valence-electron chi connectivity index (χ4n) is 3.08. The van der Waals surface area contributed by atoms with Gasteiger partial charge in [0.05, 0.1) is 12.4 Å². The summed E-state index contributed by atoms with van der Waals surface area (Å²) in [5.41, 5.74) is 3.51. The van der Waals surface area contributed by atoms with E-state index in [4.69, 9.17) is 4.74 Å². The van der Waals surface area contributed by atoms with Gasteiger partial charge in [-0.15, -0.1) is 0 Å². The second kappa shape index (κ2) is 6.36. The molecule has 21 heavy (non-hydrogen) atoms. The molecular formula is C16H25NO3S. The first kappa shape index (κ1) is 16.3. The van der Waals surface area contributed by atoms with Crippen LogP contribution < -0.4 is 10.1 Å². The van der Waals surface area contributed by atoms with Crippen LogP contribution in [0.25, 0.3) is 0 Å². The fourth-order valence-corrected chi connectivity index (χ4v) is 4.08. The zero-order valence-corrected chi connectivity index (χ0v) is 14.1. The maximum atomic E-state index is 11.4. The maximum absolute atomic E-state index is 11.4. The van der Waals surface area contributed by atoms with Crippen molar-refractivity contribution in [1.29, 1.82) is 0 Å². The summed E-state index contributed by atoms with van der Waals surface area (Å²) in [7, 11) is -2.97. The minimum absolute atomic E-state index is 0.0724. The number of rotatable bonds is 4. The van der Waals surface area contributed by atoms with E-state index < -0.39 is 9.84 Å². The minimum atomic E-state index is -2.97. The second-order valence-corrected chi connectivity index (χ2v) is 8.39. The van der Waals surface area contributed by atoms with E-state index >= 15 is 0 Å². The highest BCUT2D eigenvalue weighted by atomic mass is 32.2. The molecule has 1 aliphatic rings. The van der Waals surface area contributed by atoms with Gasteiger partial charge in [-0.2, -0.15) is 0 Å². The molecule has 5 heteroatoms. The Bertz CT molecular complexity index is 610. The van der Waals surface area contributed by atoms with Crippen molar-refractivity contribution >= 4 is 9.84 Å². The van der Waals surface area contributed by atoms with Crippen LogP contribution in [0.15, 0.2) is 12.1 Å². The van der Waals surface area contributed by atoms with Crippen molar-refractivity contribution in [3.63, 3.8) is 0 Å². The SMILES string of the molecule is Cc1cc(C)c2c(c1)[C@H](N[C@H](C)CS(C)(=O)=O)CCCO2. The minimum Gasteiger partial charge on any atom is -0.493 e. The Kier molecular flexibility index (Phi) is 4.94. The van der Waals surface area contributed by atoms with E-state index in [0.717, 1.165) is 36.3 Å². The lowest BCUT2D eigenvalue weighted by Crippen LogP contribution is -2.35. The van der Waals surface area contributed by atoms with Crippen molar-refractivity contribution in [3.8, 4) is 5.75 Å². The first-order valence-corrected chi connectivity index (χ1v) is 9.50. The van der Waals surface area contributed by atoms with Gasteiger partial charge in [-0.1, -0.05) is 17.7 Å². The largest absolute Gasteiger partial charge is 0.493 e. The van der Waals surface area contributed by atoms with Crippen molar-refractivity contribution in [1.82, 2.24) is 5.32 Å². The summed E-state index contributed by atoms with van der Waals surface area (Å²) in [5, 5.41) is 3.47. The molecule has 1 aromatic carbocycles. The second-order valence-electron chi connectivity index (χ2n) is 6.20. The van der Waals surface area contributed by atoms with E-state index in [-0.39, 0.29) is 17.8 Å². The molecule has 1 N–H and O–H groups in total. The van der Waals surface area contributed by atoms with Crippen LogP contribution in [0.4, 0.5) is 0 Å². The lowest BCUT2D eigenvalue weighted by molar-refractivity contribution is 0.312. The van der Waals surface area contributed by atoms with Crippen molar-refractivity contribution in [2.45, 2.75) is 45.7 Å². The quantitative estimate of drug-likeness (QED) is 0.928. The third-order valence-corrected chi connectivity index (χ3v) is 4.85. The molecular weight excluding hydrogens is 286 g/mol. The molecule has 0 saturated heterocycles. The Morgan fingerprint density at radius 2 is 2.10 bits per heavy atom. The van der Waals surface area contributed by atoms with Gasteiger partial charge in [0, 0.05) is 23.9 Å². The number of benzene rings is 1. The van der Waals surface area contributed by atoms with Gasteiger partial charge in [0.2, 0.25) is 0 Å². The van der Waals surface area contributed by atoms with E-state index in [2.05, 4.69) is 31.3 Å². The molecule has 0 spiro atoms. The molecule has 0 saturated carbocycles. The fraction of sp³-hybridized carbons (Fsp3) is 0.625. The summed E-state index contributed by atoms with van der Waals surface area (Å²) in [5.74, 6) is 1.12. The molecule has 1 heterocycles. The first-order chi connectivity index (χ1) is 9.76. The average Bonchev–Trinajstić information content (AvgIpc) is 2.50. The third kappa shape index (κ3) is 4.45. The summed E-state index contributed by atoms with van der Waals surface area (Å²) >= 11 is 0. The Morgan fingerprint density at radius 1 is 1.38 bits per heavy atom. The number of ether oxygens (including phenoxy) is 1. The highest BCUT2D eigenvalue weighted by molar-refractivity contribution is 7.90. The van der Waals surface area contributed by atoms with E-state index in [1.807, 2.05) is 6.92 Å². The number of hydrogen-bond acceptors (Lipinski definition) is 4. The van der Waals surface area contributed by atoms with Crippen LogP contribution in [0.2, 0.25) is 0 Å². The normalized spacial score (nSPS) is 20.3. The molecule has 0 bridgehead atoms. The smallest absolute Gasteiger partial charge is 0.148 e. The van der Waals surface area contributed by atoms with Crippen molar-refractivity contribution in [3.05, 3.63) is 28.8 Å². The van der Waals surface area contributed by atoms with Crippen LogP contribution in [-0.4, -0.2) is 33.1 Å². The zero-order chi connectivity index (χ0) is 15.6. The van der Waals surface area contributed by atoms with Crippen molar-refractivity contribution < 1.29 is 13.2 Å². The highest BCUT2D eigenvalue weighted by Crippen LogP contribution is 2.35. The average molecular weight is 311 g/mol. The molecule has 118 valence electrons. The Balaban J connectivity index is 2.25. The lowest BCUT2D eigenvalue weighted by atomic mass is 9.97. The van der Waals surface area contributed by atoms with Crippen molar-refractivity contribution in [2.75, 3.05) is 18.6 Å². The third-order valence-electron chi connectivity index (χ3n) is 3.75. The lowest BCUT2D eigenvalue weighted by Gasteiger charge is -2.24. The molecule has 0 radical (unpaired) electrons. The van der Waals surface area contributed by atoms with Gasteiger partial charge in [0.15, 0.2) is 0 Å². The van der Waals surface area contributed by atoms with Gasteiger partial charge in [-0.25, -0.2) is 8.42 Å². The first-order valence-electron chi connectivity index (χ1n) is 7.44. The molecule has 0 unspecified atom stereocenters. The van der Waals surface area contributed by atoms with E-state index in [1.165, 1.54) is 11.8 Å². The predicted octanol–water partition coefficient (Wildman–Crippen LogP) is 2.54. The number of fused-ring (bicyclic) bond motifs is 1. The molecule has 1 aliphatic heterocycles. The highest BCUT2D eigenvalue weighted by Gasteiger charge is 2.23.